The van der Waals surface area contributed by atoms with Gasteiger partial charge in [0.15, 0.2) is 0 Å². The quantitative estimate of drug-likeness (QED) is 0.748. The lowest BCUT2D eigenvalue weighted by Gasteiger charge is -2.27. The molecule has 18 heavy (non-hydrogen) atoms. The second kappa shape index (κ2) is 6.85. The first-order chi connectivity index (χ1) is 8.78. The summed E-state index contributed by atoms with van der Waals surface area (Å²) in [4.78, 5) is 2.38. The van der Waals surface area contributed by atoms with Crippen LogP contribution in [-0.2, 0) is 9.47 Å². The molecule has 0 aromatic carbocycles. The lowest BCUT2D eigenvalue weighted by atomic mass is 9.98. The minimum Gasteiger partial charge on any atom is -0.383 e. The van der Waals surface area contributed by atoms with Crippen LogP contribution in [0.4, 0.5) is 0 Å². The van der Waals surface area contributed by atoms with Crippen LogP contribution in [0.15, 0.2) is 0 Å². The van der Waals surface area contributed by atoms with E-state index in [1.54, 1.807) is 7.11 Å². The van der Waals surface area contributed by atoms with Gasteiger partial charge in [-0.25, -0.2) is 0 Å². The lowest BCUT2D eigenvalue weighted by Crippen LogP contribution is -2.39. The van der Waals surface area contributed by atoms with Crippen molar-refractivity contribution in [2.45, 2.75) is 50.2 Å². The molecule has 0 amide bonds. The van der Waals surface area contributed by atoms with E-state index in [1.807, 2.05) is 0 Å². The van der Waals surface area contributed by atoms with Crippen molar-refractivity contribution in [2.75, 3.05) is 39.9 Å². The number of ether oxygens (including phenoxy) is 2. The molecule has 4 heteroatoms. The van der Waals surface area contributed by atoms with Gasteiger partial charge in [-0.15, -0.1) is 0 Å². The molecule has 1 unspecified atom stereocenters. The zero-order valence-electron chi connectivity index (χ0n) is 11.7. The fourth-order valence-corrected chi connectivity index (χ4v) is 3.40. The van der Waals surface area contributed by atoms with E-state index in [9.17, 15) is 0 Å². The van der Waals surface area contributed by atoms with Crippen LogP contribution in [0, 0.1) is 0 Å². The zero-order chi connectivity index (χ0) is 12.8. The predicted molar refractivity (Wildman–Crippen MR) is 72.7 cm³/mol. The Kier molecular flexibility index (Phi) is 5.42. The second-order valence-corrected chi connectivity index (χ2v) is 5.75. The maximum absolute atomic E-state index is 6.34. The van der Waals surface area contributed by atoms with Crippen molar-refractivity contribution in [2.24, 2.45) is 5.73 Å². The zero-order valence-corrected chi connectivity index (χ0v) is 11.7. The molecule has 1 saturated heterocycles. The van der Waals surface area contributed by atoms with Gasteiger partial charge in [0.25, 0.3) is 0 Å². The SMILES string of the molecule is COCCN(CCN)CC1CCC2(CCCC2)O1. The van der Waals surface area contributed by atoms with Crippen LogP contribution in [0.2, 0.25) is 0 Å². The summed E-state index contributed by atoms with van der Waals surface area (Å²) in [7, 11) is 1.75. The van der Waals surface area contributed by atoms with Crippen molar-refractivity contribution in [1.29, 1.82) is 0 Å². The molecular formula is C14H28N2O2. The van der Waals surface area contributed by atoms with Crippen LogP contribution in [0.25, 0.3) is 0 Å². The fourth-order valence-electron chi connectivity index (χ4n) is 3.40. The van der Waals surface area contributed by atoms with Gasteiger partial charge in [-0.3, -0.25) is 4.90 Å². The third-order valence-electron chi connectivity index (χ3n) is 4.37. The molecule has 4 nitrogen and oxygen atoms in total. The van der Waals surface area contributed by atoms with Crippen LogP contribution < -0.4 is 5.73 Å². The highest BCUT2D eigenvalue weighted by Crippen LogP contribution is 2.43. The number of nitrogens with zero attached hydrogens (tertiary/aromatic N) is 1. The van der Waals surface area contributed by atoms with E-state index in [-0.39, 0.29) is 5.60 Å². The Morgan fingerprint density at radius 3 is 2.72 bits per heavy atom. The van der Waals surface area contributed by atoms with Crippen molar-refractivity contribution in [3.8, 4) is 0 Å². The van der Waals surface area contributed by atoms with E-state index in [1.165, 1.54) is 38.5 Å². The standard InChI is InChI=1S/C14H28N2O2/c1-17-11-10-16(9-8-15)12-13-4-7-14(18-13)5-2-3-6-14/h13H,2-12,15H2,1H3. The summed E-state index contributed by atoms with van der Waals surface area (Å²) in [5.74, 6) is 0. The molecule has 1 aliphatic heterocycles. The second-order valence-electron chi connectivity index (χ2n) is 5.75. The first kappa shape index (κ1) is 14.3. The largest absolute Gasteiger partial charge is 0.383 e. The van der Waals surface area contributed by atoms with E-state index in [0.29, 0.717) is 12.6 Å². The summed E-state index contributed by atoms with van der Waals surface area (Å²) in [6.07, 6.45) is 8.14. The van der Waals surface area contributed by atoms with E-state index < -0.39 is 0 Å². The highest BCUT2D eigenvalue weighted by Gasteiger charge is 2.42. The Morgan fingerprint density at radius 2 is 2.06 bits per heavy atom. The summed E-state index contributed by atoms with van der Waals surface area (Å²) in [6.45, 7) is 4.40. The molecule has 1 atom stereocenters. The van der Waals surface area contributed by atoms with Gasteiger partial charge < -0.3 is 15.2 Å². The summed E-state index contributed by atoms with van der Waals surface area (Å²) < 4.78 is 11.5. The molecule has 0 aromatic rings. The van der Waals surface area contributed by atoms with Gasteiger partial charge in [0.05, 0.1) is 18.3 Å². The molecule has 2 rings (SSSR count). The maximum atomic E-state index is 6.34. The molecule has 0 aromatic heterocycles. The average Bonchev–Trinajstić information content (AvgIpc) is 2.98. The molecule has 0 bridgehead atoms. The van der Waals surface area contributed by atoms with Gasteiger partial charge in [-0.1, -0.05) is 12.8 Å². The molecule has 2 fully saturated rings. The molecule has 1 saturated carbocycles. The summed E-state index contributed by atoms with van der Waals surface area (Å²) in [5.41, 5.74) is 5.92. The van der Waals surface area contributed by atoms with Gasteiger partial charge in [-0.05, 0) is 25.7 Å². The molecular weight excluding hydrogens is 228 g/mol. The van der Waals surface area contributed by atoms with E-state index >= 15 is 0 Å². The minimum absolute atomic E-state index is 0.250. The number of methoxy groups -OCH3 is 1. The smallest absolute Gasteiger partial charge is 0.0710 e. The Labute approximate surface area is 111 Å². The van der Waals surface area contributed by atoms with Gasteiger partial charge >= 0.3 is 0 Å². The van der Waals surface area contributed by atoms with Crippen molar-refractivity contribution < 1.29 is 9.47 Å². The van der Waals surface area contributed by atoms with E-state index in [0.717, 1.165) is 26.2 Å². The monoisotopic (exact) mass is 256 g/mol. The molecule has 2 aliphatic rings. The van der Waals surface area contributed by atoms with Crippen molar-refractivity contribution in [3.63, 3.8) is 0 Å². The molecule has 1 spiro atoms. The lowest BCUT2D eigenvalue weighted by molar-refractivity contribution is -0.0483. The predicted octanol–water partition coefficient (Wildman–Crippen LogP) is 1.39. The van der Waals surface area contributed by atoms with Crippen molar-refractivity contribution >= 4 is 0 Å². The third-order valence-corrected chi connectivity index (χ3v) is 4.37. The Morgan fingerprint density at radius 1 is 1.28 bits per heavy atom. The van der Waals surface area contributed by atoms with Crippen LogP contribution >= 0.6 is 0 Å². The van der Waals surface area contributed by atoms with Crippen molar-refractivity contribution in [1.82, 2.24) is 4.90 Å². The number of hydrogen-bond donors (Lipinski definition) is 1. The van der Waals surface area contributed by atoms with Crippen molar-refractivity contribution in [3.05, 3.63) is 0 Å². The van der Waals surface area contributed by atoms with E-state index in [4.69, 9.17) is 15.2 Å². The molecule has 1 aliphatic carbocycles. The Hall–Kier alpha value is -0.160. The van der Waals surface area contributed by atoms with Gasteiger partial charge in [0.1, 0.15) is 0 Å². The highest BCUT2D eigenvalue weighted by molar-refractivity contribution is 4.93. The van der Waals surface area contributed by atoms with Crippen LogP contribution in [0.5, 0.6) is 0 Å². The Balaban J connectivity index is 1.77. The first-order valence-corrected chi connectivity index (χ1v) is 7.37. The third kappa shape index (κ3) is 3.67. The van der Waals surface area contributed by atoms with Gasteiger partial charge in [-0.2, -0.15) is 0 Å². The first-order valence-electron chi connectivity index (χ1n) is 7.37. The maximum Gasteiger partial charge on any atom is 0.0710 e. The summed E-state index contributed by atoms with van der Waals surface area (Å²) in [5, 5.41) is 0. The average molecular weight is 256 g/mol. The van der Waals surface area contributed by atoms with Crippen LogP contribution in [0.1, 0.15) is 38.5 Å². The molecule has 106 valence electrons. The topological polar surface area (TPSA) is 47.7 Å². The van der Waals surface area contributed by atoms with E-state index in [2.05, 4.69) is 4.90 Å². The fraction of sp³-hybridized carbons (Fsp3) is 1.00. The molecule has 2 N–H and O–H groups in total. The van der Waals surface area contributed by atoms with Gasteiger partial charge in [0, 0.05) is 33.3 Å². The molecule has 1 heterocycles. The Bertz CT molecular complexity index is 242. The number of nitrogens with two attached hydrogens (primary N) is 1. The number of rotatable bonds is 7. The number of hydrogen-bond acceptors (Lipinski definition) is 4. The van der Waals surface area contributed by atoms with Crippen LogP contribution in [-0.4, -0.2) is 56.5 Å². The minimum atomic E-state index is 0.250. The highest BCUT2D eigenvalue weighted by atomic mass is 16.5. The summed E-state index contributed by atoms with van der Waals surface area (Å²) >= 11 is 0. The van der Waals surface area contributed by atoms with Crippen LogP contribution in [0.3, 0.4) is 0 Å². The molecule has 0 radical (unpaired) electrons. The summed E-state index contributed by atoms with van der Waals surface area (Å²) in [6, 6.07) is 0. The van der Waals surface area contributed by atoms with Gasteiger partial charge in [0.2, 0.25) is 0 Å². The normalized spacial score (nSPS) is 26.5.